The minimum Gasteiger partial charge on any atom is -0.459 e. The van der Waals surface area contributed by atoms with E-state index >= 15 is 0 Å². The SMILES string of the molecule is CCO[C@@H]1OC(C(=O)N2CCOCCOCCOCCOCC2)=C[C@H](c2ccsc2)[C@H]1CCCO. The van der Waals surface area contributed by atoms with Gasteiger partial charge in [0.15, 0.2) is 5.76 Å². The van der Waals surface area contributed by atoms with Crippen LogP contribution in [-0.4, -0.2) is 101 Å². The summed E-state index contributed by atoms with van der Waals surface area (Å²) in [6.07, 6.45) is 2.73. The van der Waals surface area contributed by atoms with Crippen molar-refractivity contribution in [2.75, 3.05) is 79.2 Å². The molecule has 2 aliphatic rings. The van der Waals surface area contributed by atoms with Crippen molar-refractivity contribution in [3.63, 3.8) is 0 Å². The Balaban J connectivity index is 1.75. The summed E-state index contributed by atoms with van der Waals surface area (Å²) < 4.78 is 34.4. The van der Waals surface area contributed by atoms with Gasteiger partial charge in [-0.05, 0) is 48.2 Å². The number of hydrogen-bond acceptors (Lipinski definition) is 9. The molecule has 1 aromatic rings. The van der Waals surface area contributed by atoms with Crippen LogP contribution in [0.15, 0.2) is 28.7 Å². The molecule has 0 saturated carbocycles. The second kappa shape index (κ2) is 16.3. The molecule has 198 valence electrons. The quantitative estimate of drug-likeness (QED) is 0.594. The van der Waals surface area contributed by atoms with Gasteiger partial charge >= 0.3 is 0 Å². The number of carbonyl (C=O) groups is 1. The van der Waals surface area contributed by atoms with Gasteiger partial charge in [-0.25, -0.2) is 0 Å². The average Bonchev–Trinajstić information content (AvgIpc) is 3.40. The highest BCUT2D eigenvalue weighted by atomic mass is 32.1. The van der Waals surface area contributed by atoms with Gasteiger partial charge in [0.1, 0.15) is 0 Å². The summed E-state index contributed by atoms with van der Waals surface area (Å²) in [7, 11) is 0. The van der Waals surface area contributed by atoms with Crippen molar-refractivity contribution >= 4 is 17.2 Å². The molecule has 3 heterocycles. The van der Waals surface area contributed by atoms with Gasteiger partial charge in [0, 0.05) is 38.1 Å². The second-order valence-electron chi connectivity index (χ2n) is 8.33. The standard InChI is InChI=1S/C25H39NO8S/c1-2-33-25-21(4-3-8-27)22(20-5-17-35-19-20)18-23(34-25)24(28)26-6-9-29-11-13-31-15-16-32-14-12-30-10-7-26/h5,17-19,21-22,25,27H,2-4,6-16H2,1H3/t21-,22-,25-/m1/s1. The van der Waals surface area contributed by atoms with Crippen molar-refractivity contribution in [3.8, 4) is 0 Å². The highest BCUT2D eigenvalue weighted by Gasteiger charge is 2.38. The number of aliphatic hydroxyl groups is 1. The summed E-state index contributed by atoms with van der Waals surface area (Å²) in [5, 5.41) is 13.6. The number of ether oxygens (including phenoxy) is 6. The maximum absolute atomic E-state index is 13.6. The van der Waals surface area contributed by atoms with Crippen LogP contribution in [0.25, 0.3) is 0 Å². The van der Waals surface area contributed by atoms with Crippen molar-refractivity contribution in [3.05, 3.63) is 34.2 Å². The minimum atomic E-state index is -0.564. The lowest BCUT2D eigenvalue weighted by Gasteiger charge is -2.37. The van der Waals surface area contributed by atoms with Crippen molar-refractivity contribution in [1.29, 1.82) is 0 Å². The van der Waals surface area contributed by atoms with Crippen LogP contribution in [-0.2, 0) is 33.2 Å². The number of aliphatic hydroxyl groups excluding tert-OH is 1. The molecule has 0 spiro atoms. The number of nitrogens with zero attached hydrogens (tertiary/aromatic N) is 1. The van der Waals surface area contributed by atoms with E-state index in [0.717, 1.165) is 12.0 Å². The van der Waals surface area contributed by atoms with Gasteiger partial charge in [-0.3, -0.25) is 4.79 Å². The molecule has 3 rings (SSSR count). The fourth-order valence-corrected chi connectivity index (χ4v) is 4.89. The Bertz CT molecular complexity index is 728. The van der Waals surface area contributed by atoms with Gasteiger partial charge in [-0.15, -0.1) is 0 Å². The summed E-state index contributed by atoms with van der Waals surface area (Å²) in [5.74, 6) is 0.0363. The van der Waals surface area contributed by atoms with E-state index in [9.17, 15) is 9.90 Å². The molecule has 0 aliphatic carbocycles. The summed E-state index contributed by atoms with van der Waals surface area (Å²) in [4.78, 5) is 15.3. The van der Waals surface area contributed by atoms with E-state index in [2.05, 4.69) is 11.4 Å². The van der Waals surface area contributed by atoms with Crippen LogP contribution >= 0.6 is 11.3 Å². The Kier molecular flexibility index (Phi) is 13.0. The largest absolute Gasteiger partial charge is 0.459 e. The minimum absolute atomic E-state index is 0.00263. The number of hydrogen-bond donors (Lipinski definition) is 1. The zero-order valence-corrected chi connectivity index (χ0v) is 21.4. The summed E-state index contributed by atoms with van der Waals surface area (Å²) in [5.41, 5.74) is 1.12. The third-order valence-electron chi connectivity index (χ3n) is 5.96. The van der Waals surface area contributed by atoms with E-state index in [4.69, 9.17) is 28.4 Å². The zero-order chi connectivity index (χ0) is 24.7. The Morgan fingerprint density at radius 2 is 1.69 bits per heavy atom. The Hall–Kier alpha value is -1.53. The molecule has 1 saturated heterocycles. The number of thiophene rings is 1. The second-order valence-corrected chi connectivity index (χ2v) is 9.11. The van der Waals surface area contributed by atoms with E-state index in [-0.39, 0.29) is 30.1 Å². The lowest BCUT2D eigenvalue weighted by Crippen LogP contribution is -2.42. The topological polar surface area (TPSA) is 95.9 Å². The van der Waals surface area contributed by atoms with E-state index in [1.54, 1.807) is 16.2 Å². The molecular formula is C25H39NO8S. The highest BCUT2D eigenvalue weighted by molar-refractivity contribution is 7.08. The summed E-state index contributed by atoms with van der Waals surface area (Å²) >= 11 is 1.62. The maximum Gasteiger partial charge on any atom is 0.288 e. The van der Waals surface area contributed by atoms with Crippen molar-refractivity contribution in [2.45, 2.75) is 32.0 Å². The van der Waals surface area contributed by atoms with E-state index < -0.39 is 6.29 Å². The molecule has 10 heteroatoms. The van der Waals surface area contributed by atoms with Crippen molar-refractivity contribution < 1.29 is 38.3 Å². The van der Waals surface area contributed by atoms with E-state index in [1.807, 2.05) is 18.4 Å². The first-order chi connectivity index (χ1) is 17.2. The predicted octanol–water partition coefficient (Wildman–Crippen LogP) is 2.41. The molecule has 1 fully saturated rings. The number of carbonyl (C=O) groups excluding carboxylic acids is 1. The van der Waals surface area contributed by atoms with Gasteiger partial charge in [0.25, 0.3) is 5.91 Å². The van der Waals surface area contributed by atoms with Crippen LogP contribution in [0.5, 0.6) is 0 Å². The monoisotopic (exact) mass is 513 g/mol. The molecule has 2 aliphatic heterocycles. The van der Waals surface area contributed by atoms with Crippen LogP contribution in [0, 0.1) is 5.92 Å². The molecule has 35 heavy (non-hydrogen) atoms. The van der Waals surface area contributed by atoms with E-state index in [0.29, 0.717) is 79.0 Å². The first-order valence-corrected chi connectivity index (χ1v) is 13.4. The Labute approximate surface area is 211 Å². The first kappa shape index (κ1) is 28.0. The number of amides is 1. The number of allylic oxidation sites excluding steroid dienone is 1. The summed E-state index contributed by atoms with van der Waals surface area (Å²) in [6.45, 7) is 7.00. The Morgan fingerprint density at radius 3 is 2.23 bits per heavy atom. The van der Waals surface area contributed by atoms with Gasteiger partial charge in [-0.2, -0.15) is 11.3 Å². The molecule has 9 nitrogen and oxygen atoms in total. The van der Waals surface area contributed by atoms with Crippen LogP contribution < -0.4 is 0 Å². The molecule has 0 unspecified atom stereocenters. The number of rotatable bonds is 7. The normalized spacial score (nSPS) is 25.7. The first-order valence-electron chi connectivity index (χ1n) is 12.5. The van der Waals surface area contributed by atoms with Crippen LogP contribution in [0.3, 0.4) is 0 Å². The molecule has 0 bridgehead atoms. The fourth-order valence-electron chi connectivity index (χ4n) is 4.18. The molecule has 0 radical (unpaired) electrons. The molecule has 1 aromatic heterocycles. The maximum atomic E-state index is 13.6. The van der Waals surface area contributed by atoms with E-state index in [1.165, 1.54) is 0 Å². The zero-order valence-electron chi connectivity index (χ0n) is 20.6. The molecule has 1 amide bonds. The average molecular weight is 514 g/mol. The molecular weight excluding hydrogens is 474 g/mol. The van der Waals surface area contributed by atoms with Crippen LogP contribution in [0.1, 0.15) is 31.2 Å². The third-order valence-corrected chi connectivity index (χ3v) is 6.67. The van der Waals surface area contributed by atoms with Gasteiger partial charge in [0.2, 0.25) is 6.29 Å². The van der Waals surface area contributed by atoms with Crippen molar-refractivity contribution in [2.24, 2.45) is 5.92 Å². The van der Waals surface area contributed by atoms with Gasteiger partial charge in [-0.1, -0.05) is 0 Å². The lowest BCUT2D eigenvalue weighted by molar-refractivity contribution is -0.170. The summed E-state index contributed by atoms with van der Waals surface area (Å²) in [6, 6.07) is 2.07. The fraction of sp³-hybridized carbons (Fsp3) is 0.720. The smallest absolute Gasteiger partial charge is 0.288 e. The predicted molar refractivity (Wildman–Crippen MR) is 131 cm³/mol. The van der Waals surface area contributed by atoms with Crippen molar-refractivity contribution in [1.82, 2.24) is 4.90 Å². The van der Waals surface area contributed by atoms with Crippen LogP contribution in [0.4, 0.5) is 0 Å². The molecule has 1 N–H and O–H groups in total. The van der Waals surface area contributed by atoms with Crippen LogP contribution in [0.2, 0.25) is 0 Å². The molecule has 0 aromatic carbocycles. The van der Waals surface area contributed by atoms with Gasteiger partial charge < -0.3 is 38.4 Å². The Morgan fingerprint density at radius 1 is 1.06 bits per heavy atom. The van der Waals surface area contributed by atoms with Gasteiger partial charge in [0.05, 0.1) is 52.9 Å². The third kappa shape index (κ3) is 9.13. The highest BCUT2D eigenvalue weighted by Crippen LogP contribution is 2.40. The lowest BCUT2D eigenvalue weighted by atomic mass is 9.81. The molecule has 3 atom stereocenters.